The Morgan fingerprint density at radius 3 is 2.67 bits per heavy atom. The van der Waals surface area contributed by atoms with Crippen molar-refractivity contribution in [2.75, 3.05) is 18.5 Å². The molecule has 0 unspecified atom stereocenters. The first-order chi connectivity index (χ1) is 10.1. The number of likely N-dealkylation sites (N-methyl/N-ethyl adjacent to an activating group) is 1. The lowest BCUT2D eigenvalue weighted by Crippen LogP contribution is -2.43. The number of para-hydroxylation sites is 1. The Kier molecular flexibility index (Phi) is 4.18. The Labute approximate surface area is 127 Å². The predicted molar refractivity (Wildman–Crippen MR) is 86.3 cm³/mol. The van der Waals surface area contributed by atoms with E-state index in [2.05, 4.69) is 36.3 Å². The monoisotopic (exact) mass is 286 g/mol. The highest BCUT2D eigenvalue weighted by molar-refractivity contribution is 5.79. The molecule has 2 bridgehead atoms. The summed E-state index contributed by atoms with van der Waals surface area (Å²) in [6.07, 6.45) is 5.03. The average Bonchev–Trinajstić information content (AvgIpc) is 3.15. The van der Waals surface area contributed by atoms with Gasteiger partial charge in [0.2, 0.25) is 5.91 Å². The Balaban J connectivity index is 1.49. The lowest BCUT2D eigenvalue weighted by Gasteiger charge is -2.28. The number of carbonyl (C=O) groups excluding carboxylic acids is 1. The summed E-state index contributed by atoms with van der Waals surface area (Å²) in [5.74, 6) is 2.07. The molecule has 0 saturated heterocycles. The number of carbonyl (C=O) groups is 1. The highest BCUT2D eigenvalue weighted by Crippen LogP contribution is 2.48. The van der Waals surface area contributed by atoms with Crippen molar-refractivity contribution in [1.82, 2.24) is 5.32 Å². The van der Waals surface area contributed by atoms with Crippen LogP contribution in [0.1, 0.15) is 32.6 Å². The number of amides is 1. The summed E-state index contributed by atoms with van der Waals surface area (Å²) in [6, 6.07) is 10.6. The van der Waals surface area contributed by atoms with Gasteiger partial charge in [0.05, 0.1) is 0 Å². The number of hydrogen-bond donors (Lipinski definition) is 1. The Morgan fingerprint density at radius 2 is 2.05 bits per heavy atom. The molecule has 2 aliphatic carbocycles. The van der Waals surface area contributed by atoms with E-state index < -0.39 is 0 Å². The van der Waals surface area contributed by atoms with Crippen LogP contribution in [0, 0.1) is 17.8 Å². The van der Waals surface area contributed by atoms with Gasteiger partial charge in [-0.05, 0) is 50.2 Å². The summed E-state index contributed by atoms with van der Waals surface area (Å²) in [5, 5.41) is 3.18. The van der Waals surface area contributed by atoms with Crippen LogP contribution in [-0.2, 0) is 4.79 Å². The number of benzene rings is 1. The number of anilines is 1. The molecule has 2 fully saturated rings. The van der Waals surface area contributed by atoms with Gasteiger partial charge in [0.1, 0.15) is 0 Å². The van der Waals surface area contributed by atoms with Crippen LogP contribution in [0.25, 0.3) is 0 Å². The van der Waals surface area contributed by atoms with Gasteiger partial charge in [-0.1, -0.05) is 24.6 Å². The van der Waals surface area contributed by atoms with Crippen LogP contribution in [0.15, 0.2) is 30.3 Å². The van der Waals surface area contributed by atoms with Crippen molar-refractivity contribution in [3.05, 3.63) is 30.3 Å². The minimum Gasteiger partial charge on any atom is -0.370 e. The van der Waals surface area contributed by atoms with E-state index in [9.17, 15) is 4.79 Å². The van der Waals surface area contributed by atoms with Crippen molar-refractivity contribution in [2.45, 2.75) is 38.6 Å². The lowest BCUT2D eigenvalue weighted by atomic mass is 9.88. The smallest absolute Gasteiger partial charge is 0.223 e. The molecule has 1 amide bonds. The molecule has 1 aromatic carbocycles. The molecule has 21 heavy (non-hydrogen) atoms. The van der Waals surface area contributed by atoms with Crippen LogP contribution in [0.3, 0.4) is 0 Å². The normalized spacial score (nSPS) is 28.4. The molecule has 3 rings (SSSR count). The van der Waals surface area contributed by atoms with Crippen LogP contribution in [-0.4, -0.2) is 25.5 Å². The molecule has 3 heteroatoms. The molecule has 0 heterocycles. The summed E-state index contributed by atoms with van der Waals surface area (Å²) in [5.41, 5.74) is 1.19. The first-order valence-electron chi connectivity index (χ1n) is 8.20. The second-order valence-corrected chi connectivity index (χ2v) is 6.82. The van der Waals surface area contributed by atoms with Crippen molar-refractivity contribution in [2.24, 2.45) is 17.8 Å². The van der Waals surface area contributed by atoms with Gasteiger partial charge in [-0.15, -0.1) is 0 Å². The van der Waals surface area contributed by atoms with Crippen LogP contribution in [0.2, 0.25) is 0 Å². The fourth-order valence-corrected chi connectivity index (χ4v) is 4.00. The molecule has 4 atom stereocenters. The van der Waals surface area contributed by atoms with Crippen LogP contribution in [0.4, 0.5) is 5.69 Å². The Morgan fingerprint density at radius 1 is 1.29 bits per heavy atom. The molecule has 0 aliphatic heterocycles. The number of rotatable bonds is 5. The third-order valence-electron chi connectivity index (χ3n) is 5.47. The van der Waals surface area contributed by atoms with E-state index in [1.807, 2.05) is 18.2 Å². The predicted octanol–water partition coefficient (Wildman–Crippen LogP) is 3.06. The van der Waals surface area contributed by atoms with Gasteiger partial charge >= 0.3 is 0 Å². The molecular formula is C18H26N2O. The third kappa shape index (κ3) is 3.07. The maximum Gasteiger partial charge on any atom is 0.223 e. The third-order valence-corrected chi connectivity index (χ3v) is 5.47. The molecule has 0 aromatic heterocycles. The summed E-state index contributed by atoms with van der Waals surface area (Å²) >= 11 is 0. The van der Waals surface area contributed by atoms with E-state index in [1.165, 1.54) is 24.9 Å². The van der Waals surface area contributed by atoms with Crippen molar-refractivity contribution < 1.29 is 4.79 Å². The Hall–Kier alpha value is -1.51. The average molecular weight is 286 g/mol. The van der Waals surface area contributed by atoms with Gasteiger partial charge in [-0.25, -0.2) is 0 Å². The first kappa shape index (κ1) is 14.4. The van der Waals surface area contributed by atoms with Gasteiger partial charge in [-0.2, -0.15) is 0 Å². The van der Waals surface area contributed by atoms with Crippen LogP contribution in [0.5, 0.6) is 0 Å². The van der Waals surface area contributed by atoms with E-state index in [1.54, 1.807) is 0 Å². The zero-order chi connectivity index (χ0) is 14.8. The fourth-order valence-electron chi connectivity index (χ4n) is 4.00. The molecule has 114 valence electrons. The quantitative estimate of drug-likeness (QED) is 0.902. The molecule has 0 spiro atoms. The van der Waals surface area contributed by atoms with Crippen molar-refractivity contribution >= 4 is 11.6 Å². The molecule has 1 aromatic rings. The number of hydrogen-bond acceptors (Lipinski definition) is 2. The van der Waals surface area contributed by atoms with Crippen molar-refractivity contribution in [3.63, 3.8) is 0 Å². The summed E-state index contributed by atoms with van der Waals surface area (Å²) < 4.78 is 0. The second kappa shape index (κ2) is 6.08. The molecule has 1 N–H and O–H groups in total. The maximum atomic E-state index is 12.4. The van der Waals surface area contributed by atoms with Gasteiger partial charge in [-0.3, -0.25) is 4.79 Å². The number of nitrogens with one attached hydrogen (secondary N) is 1. The van der Waals surface area contributed by atoms with Gasteiger partial charge in [0.15, 0.2) is 0 Å². The van der Waals surface area contributed by atoms with E-state index in [-0.39, 0.29) is 11.8 Å². The molecule has 3 nitrogen and oxygen atoms in total. The highest BCUT2D eigenvalue weighted by Gasteiger charge is 2.42. The summed E-state index contributed by atoms with van der Waals surface area (Å²) in [6.45, 7) is 2.88. The van der Waals surface area contributed by atoms with Crippen molar-refractivity contribution in [3.8, 4) is 0 Å². The fraction of sp³-hybridized carbons (Fsp3) is 0.611. The second-order valence-electron chi connectivity index (χ2n) is 6.82. The first-order valence-corrected chi connectivity index (χ1v) is 8.20. The number of fused-ring (bicyclic) bond motifs is 2. The zero-order valence-corrected chi connectivity index (χ0v) is 13.1. The van der Waals surface area contributed by atoms with E-state index in [4.69, 9.17) is 0 Å². The zero-order valence-electron chi connectivity index (χ0n) is 13.1. The minimum absolute atomic E-state index is 0.288. The number of nitrogens with zero attached hydrogens (tertiary/aromatic N) is 1. The van der Waals surface area contributed by atoms with Gasteiger partial charge in [0, 0.05) is 31.2 Å². The van der Waals surface area contributed by atoms with E-state index in [0.717, 1.165) is 18.9 Å². The molecular weight excluding hydrogens is 260 g/mol. The largest absolute Gasteiger partial charge is 0.370 e. The van der Waals surface area contributed by atoms with Gasteiger partial charge in [0.25, 0.3) is 0 Å². The van der Waals surface area contributed by atoms with E-state index in [0.29, 0.717) is 12.0 Å². The van der Waals surface area contributed by atoms with Crippen LogP contribution >= 0.6 is 0 Å². The molecule has 2 aliphatic rings. The van der Waals surface area contributed by atoms with Crippen molar-refractivity contribution in [1.29, 1.82) is 0 Å². The maximum absolute atomic E-state index is 12.4. The minimum atomic E-state index is 0.288. The lowest BCUT2D eigenvalue weighted by molar-refractivity contribution is -0.126. The molecule has 2 saturated carbocycles. The highest BCUT2D eigenvalue weighted by atomic mass is 16.1. The van der Waals surface area contributed by atoms with Crippen LogP contribution < -0.4 is 10.2 Å². The van der Waals surface area contributed by atoms with E-state index >= 15 is 0 Å². The SMILES string of the molecule is C[C@H](CNC(=O)[C@H]1C[C@H]2CC[C@H]1C2)N(C)c1ccccc1. The summed E-state index contributed by atoms with van der Waals surface area (Å²) in [7, 11) is 2.09. The standard InChI is InChI=1S/C18H26N2O/c1-13(20(2)16-6-4-3-5-7-16)12-19-18(21)17-11-14-8-9-15(17)10-14/h3-7,13-15,17H,8-12H2,1-2H3,(H,19,21)/t13-,14+,15+,17+/m1/s1. The molecule has 0 radical (unpaired) electrons. The van der Waals surface area contributed by atoms with Gasteiger partial charge < -0.3 is 10.2 Å². The summed E-state index contributed by atoms with van der Waals surface area (Å²) in [4.78, 5) is 14.6. The topological polar surface area (TPSA) is 32.3 Å². The Bertz CT molecular complexity index is 487.